The Bertz CT molecular complexity index is 2300. The summed E-state index contributed by atoms with van der Waals surface area (Å²) in [7, 11) is 1.22. The Balaban J connectivity index is 0.000000271. The topological polar surface area (TPSA) is 258 Å². The standard InChI is InChI=1S/C26H35N3O8.C25H33N3O8/c1-6-11-35-16-20(27-24(32)37-26(2,3)4)22(30)29-15-19(12-21(29)23(31)34-5)36-25(33)28-13-17-9-7-8-10-18(17)14-28;1-5-10-34-15-19(26-23(32)36-25(2,3)4)21(29)28-14-18(11-20(28)22(30)31)35-24(33)27-12-16-8-6-7-9-17(16)13-27/h6-10,19-21H,1,11-16H2,2-5H3,(H,27,32);5-9,18-20H,1,10-15H2,2-4H3,(H,26,32)(H,30,31)/t19-,20+,21+;18-,19+,20+/m11/s1. The van der Waals surface area contributed by atoms with Crippen LogP contribution < -0.4 is 10.6 Å². The molecule has 0 radical (unpaired) electrons. The van der Waals surface area contributed by atoms with E-state index < -0.39 is 95.7 Å². The van der Waals surface area contributed by atoms with E-state index in [0.29, 0.717) is 26.2 Å². The molecule has 4 aliphatic heterocycles. The Morgan fingerprint density at radius 3 is 1.32 bits per heavy atom. The van der Waals surface area contributed by atoms with Crippen molar-refractivity contribution in [3.8, 4) is 0 Å². The number of esters is 1. The van der Waals surface area contributed by atoms with Gasteiger partial charge in [0.1, 0.15) is 47.6 Å². The quantitative estimate of drug-likeness (QED) is 0.0894. The number of carbonyl (C=O) groups is 8. The third-order valence-electron chi connectivity index (χ3n) is 11.6. The van der Waals surface area contributed by atoms with Gasteiger partial charge in [0.2, 0.25) is 11.8 Å². The third kappa shape index (κ3) is 16.4. The van der Waals surface area contributed by atoms with Crippen molar-refractivity contribution >= 4 is 48.1 Å². The van der Waals surface area contributed by atoms with Gasteiger partial charge in [0.05, 0.1) is 46.6 Å². The maximum Gasteiger partial charge on any atom is 0.410 e. The molecule has 73 heavy (non-hydrogen) atoms. The minimum atomic E-state index is -1.24. The van der Waals surface area contributed by atoms with E-state index in [1.165, 1.54) is 29.1 Å². The van der Waals surface area contributed by atoms with Crippen LogP contribution in [-0.2, 0) is 78.5 Å². The molecule has 6 rings (SSSR count). The van der Waals surface area contributed by atoms with Crippen LogP contribution in [0.5, 0.6) is 0 Å². The van der Waals surface area contributed by atoms with Gasteiger partial charge in [-0.1, -0.05) is 60.7 Å². The van der Waals surface area contributed by atoms with Crippen molar-refractivity contribution in [2.24, 2.45) is 0 Å². The molecular formula is C51H68N6O16. The second kappa shape index (κ2) is 25.5. The zero-order valence-electron chi connectivity index (χ0n) is 42.5. The molecule has 6 atom stereocenters. The highest BCUT2D eigenvalue weighted by Crippen LogP contribution is 2.29. The van der Waals surface area contributed by atoms with Gasteiger partial charge in [0, 0.05) is 39.0 Å². The maximum atomic E-state index is 13.5. The van der Waals surface area contributed by atoms with Gasteiger partial charge in [-0.05, 0) is 63.8 Å². The molecule has 0 bridgehead atoms. The first-order valence-corrected chi connectivity index (χ1v) is 23.8. The summed E-state index contributed by atoms with van der Waals surface area (Å²) in [6, 6.07) is 10.8. The number of hydrogen-bond donors (Lipinski definition) is 3. The number of rotatable bonds is 16. The molecule has 398 valence electrons. The van der Waals surface area contributed by atoms with Crippen LogP contribution in [0.1, 0.15) is 76.6 Å². The van der Waals surface area contributed by atoms with E-state index in [4.69, 9.17) is 33.2 Å². The molecule has 2 fully saturated rings. The van der Waals surface area contributed by atoms with Gasteiger partial charge >= 0.3 is 36.3 Å². The lowest BCUT2D eigenvalue weighted by molar-refractivity contribution is -0.152. The molecule has 6 amide bonds. The van der Waals surface area contributed by atoms with Crippen LogP contribution >= 0.6 is 0 Å². The molecule has 0 unspecified atom stereocenters. The molecular weight excluding hydrogens is 953 g/mol. The first-order valence-electron chi connectivity index (χ1n) is 23.8. The zero-order valence-corrected chi connectivity index (χ0v) is 42.5. The number of hydrogen-bond acceptors (Lipinski definition) is 15. The molecule has 22 nitrogen and oxygen atoms in total. The van der Waals surface area contributed by atoms with Crippen molar-refractivity contribution in [2.45, 2.75) is 128 Å². The number of fused-ring (bicyclic) bond motifs is 2. The van der Waals surface area contributed by atoms with Crippen molar-refractivity contribution in [3.05, 3.63) is 96.1 Å². The number of alkyl carbamates (subject to hydrolysis) is 2. The van der Waals surface area contributed by atoms with Crippen molar-refractivity contribution in [2.75, 3.05) is 46.6 Å². The normalized spacial score (nSPS) is 19.7. The summed E-state index contributed by atoms with van der Waals surface area (Å²) in [6.45, 7) is 18.6. The third-order valence-corrected chi connectivity index (χ3v) is 11.6. The van der Waals surface area contributed by atoms with Gasteiger partial charge in [-0.15, -0.1) is 13.2 Å². The number of aliphatic carboxylic acids is 1. The number of carboxylic acids is 1. The Hall–Kier alpha value is -7.20. The van der Waals surface area contributed by atoms with Crippen molar-refractivity contribution in [1.82, 2.24) is 30.2 Å². The van der Waals surface area contributed by atoms with E-state index in [2.05, 4.69) is 23.8 Å². The summed E-state index contributed by atoms with van der Waals surface area (Å²) in [5, 5.41) is 14.7. The first kappa shape index (κ1) is 56.7. The van der Waals surface area contributed by atoms with Crippen LogP contribution in [0.25, 0.3) is 0 Å². The maximum absolute atomic E-state index is 13.5. The van der Waals surface area contributed by atoms with Crippen LogP contribution in [0, 0.1) is 0 Å². The second-order valence-electron chi connectivity index (χ2n) is 19.7. The summed E-state index contributed by atoms with van der Waals surface area (Å²) in [6.07, 6.45) is -1.32. The fraction of sp³-hybridized carbons (Fsp3) is 0.529. The molecule has 22 heteroatoms. The monoisotopic (exact) mass is 1020 g/mol. The average molecular weight is 1020 g/mol. The summed E-state index contributed by atoms with van der Waals surface area (Å²) in [5.41, 5.74) is 2.56. The average Bonchev–Trinajstić information content (AvgIpc) is 4.14. The Morgan fingerprint density at radius 2 is 0.986 bits per heavy atom. The fourth-order valence-corrected chi connectivity index (χ4v) is 8.39. The minimum absolute atomic E-state index is 0.0426. The molecule has 0 spiro atoms. The van der Waals surface area contributed by atoms with E-state index in [1.54, 1.807) is 46.4 Å². The number of ether oxygens (including phenoxy) is 7. The summed E-state index contributed by atoms with van der Waals surface area (Å²) >= 11 is 0. The van der Waals surface area contributed by atoms with Crippen molar-refractivity contribution < 1.29 is 76.6 Å². The predicted molar refractivity (Wildman–Crippen MR) is 260 cm³/mol. The van der Waals surface area contributed by atoms with Crippen LogP contribution in [0.2, 0.25) is 0 Å². The number of amides is 6. The van der Waals surface area contributed by atoms with E-state index in [-0.39, 0.29) is 52.4 Å². The van der Waals surface area contributed by atoms with Crippen LogP contribution in [0.3, 0.4) is 0 Å². The number of nitrogens with one attached hydrogen (secondary N) is 2. The van der Waals surface area contributed by atoms with Gasteiger partial charge in [-0.25, -0.2) is 28.8 Å². The first-order chi connectivity index (χ1) is 34.5. The highest BCUT2D eigenvalue weighted by atomic mass is 16.6. The van der Waals surface area contributed by atoms with E-state index in [9.17, 15) is 43.5 Å². The fourth-order valence-electron chi connectivity index (χ4n) is 8.39. The smallest absolute Gasteiger partial charge is 0.410 e. The Labute approximate surface area is 424 Å². The summed E-state index contributed by atoms with van der Waals surface area (Å²) in [5.74, 6) is -3.15. The van der Waals surface area contributed by atoms with E-state index >= 15 is 0 Å². The minimum Gasteiger partial charge on any atom is -0.480 e. The summed E-state index contributed by atoms with van der Waals surface area (Å²) < 4.78 is 37.5. The molecule has 2 aromatic rings. The Morgan fingerprint density at radius 1 is 0.630 bits per heavy atom. The summed E-state index contributed by atoms with van der Waals surface area (Å²) in [4.78, 5) is 107. The molecule has 0 aromatic heterocycles. The van der Waals surface area contributed by atoms with Crippen LogP contribution in [0.4, 0.5) is 19.2 Å². The molecule has 0 aliphatic carbocycles. The molecule has 4 heterocycles. The zero-order chi connectivity index (χ0) is 53.6. The van der Waals surface area contributed by atoms with Gasteiger partial charge in [-0.3, -0.25) is 19.4 Å². The van der Waals surface area contributed by atoms with Gasteiger partial charge in [0.15, 0.2) is 0 Å². The largest absolute Gasteiger partial charge is 0.480 e. The molecule has 2 aromatic carbocycles. The van der Waals surface area contributed by atoms with Gasteiger partial charge in [0.25, 0.3) is 0 Å². The number of methoxy groups -OCH3 is 1. The number of likely N-dealkylation sites (tertiary alicyclic amines) is 2. The predicted octanol–water partition coefficient (Wildman–Crippen LogP) is 4.67. The second-order valence-corrected chi connectivity index (χ2v) is 19.7. The lowest BCUT2D eigenvalue weighted by atomic mass is 10.1. The SMILES string of the molecule is C=CCOC[C@H](NC(=O)OC(C)(C)C)C(=O)N1C[C@H](OC(=O)N2Cc3ccccc3C2)C[C@H]1C(=O)O.C=CCOC[C@H](NC(=O)OC(C)(C)C)C(=O)N1C[C@H](OC(=O)N2Cc3ccccc3C2)C[C@H]1C(=O)OC. The van der Waals surface area contributed by atoms with Gasteiger partial charge in [-0.2, -0.15) is 0 Å². The van der Waals surface area contributed by atoms with Crippen LogP contribution in [0.15, 0.2) is 73.8 Å². The molecule has 3 N–H and O–H groups in total. The highest BCUT2D eigenvalue weighted by Gasteiger charge is 2.46. The number of benzene rings is 2. The highest BCUT2D eigenvalue weighted by molar-refractivity contribution is 5.91. The molecule has 2 saturated heterocycles. The van der Waals surface area contributed by atoms with Crippen molar-refractivity contribution in [3.63, 3.8) is 0 Å². The molecule has 0 saturated carbocycles. The van der Waals surface area contributed by atoms with Crippen molar-refractivity contribution in [1.29, 1.82) is 0 Å². The number of carbonyl (C=O) groups excluding carboxylic acids is 7. The Kier molecular flexibility index (Phi) is 19.8. The molecule has 4 aliphatic rings. The number of carboxylic acid groups (broad SMARTS) is 1. The lowest BCUT2D eigenvalue weighted by Gasteiger charge is -2.28. The van der Waals surface area contributed by atoms with Crippen LogP contribution in [-0.4, -0.2) is 167 Å². The van der Waals surface area contributed by atoms with Gasteiger partial charge < -0.3 is 58.7 Å². The number of nitrogens with zero attached hydrogens (tertiary/aromatic N) is 4. The van der Waals surface area contributed by atoms with E-state index in [1.807, 2.05) is 48.5 Å². The van der Waals surface area contributed by atoms with E-state index in [0.717, 1.165) is 27.2 Å². The lowest BCUT2D eigenvalue weighted by Crippen LogP contribution is -2.54.